The van der Waals surface area contributed by atoms with E-state index in [0.29, 0.717) is 30.0 Å². The van der Waals surface area contributed by atoms with Crippen molar-refractivity contribution in [2.45, 2.75) is 0 Å². The molecular weight excluding hydrogens is 357 g/mol. The summed E-state index contributed by atoms with van der Waals surface area (Å²) in [5, 5.41) is 2.97. The zero-order valence-corrected chi connectivity index (χ0v) is 15.3. The number of nitrogens with one attached hydrogen (secondary N) is 1. The molecule has 1 N–H and O–H groups in total. The molecule has 4 rings (SSSR count). The number of nitrogens with zero attached hydrogens (tertiary/aromatic N) is 4. The van der Waals surface area contributed by atoms with Crippen LogP contribution in [-0.2, 0) is 0 Å². The average Bonchev–Trinajstić information content (AvgIpc) is 2.76. The van der Waals surface area contributed by atoms with Gasteiger partial charge in [-0.3, -0.25) is 9.78 Å². The van der Waals surface area contributed by atoms with Gasteiger partial charge in [0.25, 0.3) is 5.91 Å². The maximum Gasteiger partial charge on any atom is 0.255 e. The number of pyridine rings is 2. The molecule has 3 aromatic rings. The maximum atomic E-state index is 13.8. The molecule has 1 saturated heterocycles. The van der Waals surface area contributed by atoms with Crippen molar-refractivity contribution >= 4 is 23.1 Å². The molecule has 6 nitrogen and oxygen atoms in total. The summed E-state index contributed by atoms with van der Waals surface area (Å²) in [5.74, 6) is 0.488. The molecule has 2 aromatic heterocycles. The monoisotopic (exact) mass is 377 g/mol. The van der Waals surface area contributed by atoms with E-state index in [2.05, 4.69) is 20.2 Å². The Balaban J connectivity index is 1.42. The highest BCUT2D eigenvalue weighted by Crippen LogP contribution is 2.21. The van der Waals surface area contributed by atoms with E-state index in [1.54, 1.807) is 42.9 Å². The Morgan fingerprint density at radius 1 is 1.00 bits per heavy atom. The lowest BCUT2D eigenvalue weighted by molar-refractivity contribution is 0.0746. The van der Waals surface area contributed by atoms with Crippen LogP contribution in [0.3, 0.4) is 0 Å². The standard InChI is InChI=1S/C21H20FN5O/c22-18-5-1-2-6-19(18)25-17-13-16(14-23-15-17)21(28)27-11-9-26(10-12-27)20-7-3-4-8-24-20/h1-8,13-15,25H,9-12H2. The quantitative estimate of drug-likeness (QED) is 0.756. The Morgan fingerprint density at radius 3 is 2.54 bits per heavy atom. The van der Waals surface area contributed by atoms with Gasteiger partial charge in [-0.2, -0.15) is 0 Å². The Morgan fingerprint density at radius 2 is 1.79 bits per heavy atom. The van der Waals surface area contributed by atoms with Crippen LogP contribution in [-0.4, -0.2) is 47.0 Å². The molecule has 0 radical (unpaired) electrons. The lowest BCUT2D eigenvalue weighted by Gasteiger charge is -2.35. The van der Waals surface area contributed by atoms with Crippen LogP contribution in [0, 0.1) is 5.82 Å². The smallest absolute Gasteiger partial charge is 0.255 e. The summed E-state index contributed by atoms with van der Waals surface area (Å²) in [4.78, 5) is 25.3. The minimum Gasteiger partial charge on any atom is -0.353 e. The number of aromatic nitrogens is 2. The minimum absolute atomic E-state index is 0.0784. The molecule has 1 aliphatic rings. The van der Waals surface area contributed by atoms with Gasteiger partial charge >= 0.3 is 0 Å². The molecule has 1 aromatic carbocycles. The van der Waals surface area contributed by atoms with Crippen LogP contribution in [0.4, 0.5) is 21.6 Å². The SMILES string of the molecule is O=C(c1cncc(Nc2ccccc2F)c1)N1CCN(c2ccccn2)CC1. The van der Waals surface area contributed by atoms with Gasteiger partial charge in [0.15, 0.2) is 0 Å². The van der Waals surface area contributed by atoms with Gasteiger partial charge in [-0.1, -0.05) is 18.2 Å². The number of rotatable bonds is 4. The third-order valence-electron chi connectivity index (χ3n) is 4.68. The molecule has 28 heavy (non-hydrogen) atoms. The van der Waals surface area contributed by atoms with Crippen LogP contribution in [0.25, 0.3) is 0 Å². The molecule has 7 heteroatoms. The molecule has 0 atom stereocenters. The molecule has 142 valence electrons. The summed E-state index contributed by atoms with van der Waals surface area (Å²) in [7, 11) is 0. The van der Waals surface area contributed by atoms with Gasteiger partial charge in [0.05, 0.1) is 23.1 Å². The van der Waals surface area contributed by atoms with E-state index in [1.165, 1.54) is 6.07 Å². The summed E-state index contributed by atoms with van der Waals surface area (Å²) in [6, 6.07) is 13.9. The zero-order valence-electron chi connectivity index (χ0n) is 15.3. The first kappa shape index (κ1) is 17.9. The van der Waals surface area contributed by atoms with E-state index in [9.17, 15) is 9.18 Å². The fourth-order valence-electron chi connectivity index (χ4n) is 3.21. The van der Waals surface area contributed by atoms with Gasteiger partial charge in [0.2, 0.25) is 0 Å². The fourth-order valence-corrected chi connectivity index (χ4v) is 3.21. The van der Waals surface area contributed by atoms with Gasteiger partial charge in [0, 0.05) is 38.6 Å². The van der Waals surface area contributed by atoms with Crippen molar-refractivity contribution in [2.24, 2.45) is 0 Å². The summed E-state index contributed by atoms with van der Waals surface area (Å²) in [6.45, 7) is 2.67. The van der Waals surface area contributed by atoms with Crippen molar-refractivity contribution in [3.8, 4) is 0 Å². The van der Waals surface area contributed by atoms with Crippen molar-refractivity contribution in [1.29, 1.82) is 0 Å². The molecule has 0 unspecified atom stereocenters. The summed E-state index contributed by atoms with van der Waals surface area (Å²) < 4.78 is 13.8. The highest BCUT2D eigenvalue weighted by molar-refractivity contribution is 5.95. The number of para-hydroxylation sites is 1. The lowest BCUT2D eigenvalue weighted by atomic mass is 10.2. The van der Waals surface area contributed by atoms with Gasteiger partial charge in [0.1, 0.15) is 11.6 Å². The number of anilines is 3. The number of piperazine rings is 1. The number of amides is 1. The molecule has 0 bridgehead atoms. The molecule has 1 amide bonds. The van der Waals surface area contributed by atoms with Crippen LogP contribution in [0.15, 0.2) is 67.1 Å². The van der Waals surface area contributed by atoms with Gasteiger partial charge < -0.3 is 15.1 Å². The van der Waals surface area contributed by atoms with Gasteiger partial charge in [-0.15, -0.1) is 0 Å². The average molecular weight is 377 g/mol. The van der Waals surface area contributed by atoms with Crippen molar-refractivity contribution in [2.75, 3.05) is 36.4 Å². The minimum atomic E-state index is -0.357. The topological polar surface area (TPSA) is 61.4 Å². The van der Waals surface area contributed by atoms with Crippen molar-refractivity contribution < 1.29 is 9.18 Å². The summed E-state index contributed by atoms with van der Waals surface area (Å²) in [5.41, 5.74) is 1.40. The number of benzene rings is 1. The van der Waals surface area contributed by atoms with Crippen LogP contribution in [0.2, 0.25) is 0 Å². The van der Waals surface area contributed by atoms with Gasteiger partial charge in [-0.05, 0) is 30.3 Å². The predicted molar refractivity (Wildman–Crippen MR) is 106 cm³/mol. The van der Waals surface area contributed by atoms with E-state index in [0.717, 1.165) is 18.9 Å². The van der Waals surface area contributed by atoms with Crippen LogP contribution < -0.4 is 10.2 Å². The number of hydrogen-bond acceptors (Lipinski definition) is 5. The number of hydrogen-bond donors (Lipinski definition) is 1. The molecule has 1 aliphatic heterocycles. The molecule has 0 aliphatic carbocycles. The van der Waals surface area contributed by atoms with E-state index in [-0.39, 0.29) is 11.7 Å². The van der Waals surface area contributed by atoms with E-state index < -0.39 is 0 Å². The molecule has 0 saturated carbocycles. The first-order valence-corrected chi connectivity index (χ1v) is 9.12. The van der Waals surface area contributed by atoms with Crippen molar-refractivity contribution in [3.05, 3.63) is 78.5 Å². The zero-order chi connectivity index (χ0) is 19.3. The number of carbonyl (C=O) groups excluding carboxylic acids is 1. The van der Waals surface area contributed by atoms with Crippen LogP contribution in [0.1, 0.15) is 10.4 Å². The first-order chi connectivity index (χ1) is 13.7. The highest BCUT2D eigenvalue weighted by atomic mass is 19.1. The predicted octanol–water partition coefficient (Wildman–Crippen LogP) is 3.32. The van der Waals surface area contributed by atoms with Crippen molar-refractivity contribution in [3.63, 3.8) is 0 Å². The van der Waals surface area contributed by atoms with Crippen LogP contribution >= 0.6 is 0 Å². The lowest BCUT2D eigenvalue weighted by Crippen LogP contribution is -2.49. The molecule has 1 fully saturated rings. The number of halogens is 1. The van der Waals surface area contributed by atoms with E-state index >= 15 is 0 Å². The second-order valence-electron chi connectivity index (χ2n) is 6.53. The highest BCUT2D eigenvalue weighted by Gasteiger charge is 2.23. The maximum absolute atomic E-state index is 13.8. The van der Waals surface area contributed by atoms with E-state index in [1.807, 2.05) is 23.1 Å². The second kappa shape index (κ2) is 8.04. The van der Waals surface area contributed by atoms with E-state index in [4.69, 9.17) is 0 Å². The summed E-state index contributed by atoms with van der Waals surface area (Å²) in [6.07, 6.45) is 4.88. The third-order valence-corrected chi connectivity index (χ3v) is 4.68. The Bertz CT molecular complexity index is 958. The molecule has 3 heterocycles. The number of carbonyl (C=O) groups is 1. The van der Waals surface area contributed by atoms with Crippen molar-refractivity contribution in [1.82, 2.24) is 14.9 Å². The summed E-state index contributed by atoms with van der Waals surface area (Å²) >= 11 is 0. The Labute approximate surface area is 162 Å². The third kappa shape index (κ3) is 3.93. The molecular formula is C21H20FN5O. The second-order valence-corrected chi connectivity index (χ2v) is 6.53. The Hall–Kier alpha value is -3.48. The first-order valence-electron chi connectivity index (χ1n) is 9.12. The molecule has 0 spiro atoms. The normalized spacial score (nSPS) is 14.0. The Kier molecular flexibility index (Phi) is 5.14. The fraction of sp³-hybridized carbons (Fsp3) is 0.190. The van der Waals surface area contributed by atoms with Gasteiger partial charge in [-0.25, -0.2) is 9.37 Å². The largest absolute Gasteiger partial charge is 0.353 e. The van der Waals surface area contributed by atoms with Crippen LogP contribution in [0.5, 0.6) is 0 Å².